The predicted molar refractivity (Wildman–Crippen MR) is 154 cm³/mol. The minimum absolute atomic E-state index is 0.0414. The highest BCUT2D eigenvalue weighted by Gasteiger charge is 2.30. The van der Waals surface area contributed by atoms with Gasteiger partial charge in [0.25, 0.3) is 0 Å². The third-order valence-corrected chi connectivity index (χ3v) is 5.73. The Bertz CT molecular complexity index is 1510. The molecule has 1 atom stereocenters. The number of benzene rings is 3. The zero-order valence-electron chi connectivity index (χ0n) is 23.5. The van der Waals surface area contributed by atoms with Crippen LogP contribution in [0, 0.1) is 12.3 Å². The average molecular weight is 596 g/mol. The van der Waals surface area contributed by atoms with Gasteiger partial charge in [0.1, 0.15) is 31.3 Å². The molecule has 3 aromatic rings. The molecule has 0 aliphatic carbocycles. The number of esters is 1. The number of alkyl halides is 3. The summed E-state index contributed by atoms with van der Waals surface area (Å²) < 4.78 is 49.4. The van der Waals surface area contributed by atoms with Crippen LogP contribution in [0.15, 0.2) is 88.3 Å². The zero-order chi connectivity index (χ0) is 31.2. The van der Waals surface area contributed by atoms with E-state index in [1.165, 1.54) is 26.5 Å². The van der Waals surface area contributed by atoms with Gasteiger partial charge in [0.2, 0.25) is 0 Å². The molecule has 0 heterocycles. The van der Waals surface area contributed by atoms with Crippen LogP contribution in [0.1, 0.15) is 40.8 Å². The number of nitrogens with zero attached hydrogens (tertiary/aromatic N) is 3. The fourth-order valence-corrected chi connectivity index (χ4v) is 3.70. The second kappa shape index (κ2) is 15.6. The van der Waals surface area contributed by atoms with Crippen molar-refractivity contribution in [3.05, 3.63) is 101 Å². The fourth-order valence-electron chi connectivity index (χ4n) is 3.70. The molecule has 0 fully saturated rings. The minimum atomic E-state index is -4.44. The average Bonchev–Trinajstić information content (AvgIpc) is 3.01. The number of hydrogen-bond donors (Lipinski definition) is 0. The van der Waals surface area contributed by atoms with E-state index in [0.29, 0.717) is 28.0 Å². The molecule has 0 aromatic heterocycles. The van der Waals surface area contributed by atoms with Gasteiger partial charge in [-0.2, -0.15) is 13.2 Å². The lowest BCUT2D eigenvalue weighted by Gasteiger charge is -2.15. The molecule has 0 N–H and O–H groups in total. The van der Waals surface area contributed by atoms with Gasteiger partial charge in [-0.05, 0) is 48.9 Å². The van der Waals surface area contributed by atoms with E-state index in [0.717, 1.165) is 12.1 Å². The van der Waals surface area contributed by atoms with Crippen molar-refractivity contribution in [2.75, 3.05) is 20.8 Å². The number of carbonyl (C=O) groups excluding carboxylic acids is 1. The van der Waals surface area contributed by atoms with Gasteiger partial charge in [-0.15, -0.1) is 6.42 Å². The Labute approximate surface area is 246 Å². The standard InChI is InChI=1S/C31H28F3N3O6/c1-5-17-42-36-28(19-35-43-21(2)26-11-6-7-12-27(26)29(37-40-4)30(38)39-3)23-13-15-25(16-14-23)41-20-22-9-8-10-24(18-22)31(32,33)34/h1,6-16,18-19,21H,17,20H2,2-4H3. The van der Waals surface area contributed by atoms with Crippen LogP contribution in [-0.2, 0) is 36.8 Å². The zero-order valence-corrected chi connectivity index (χ0v) is 23.5. The molecule has 9 nitrogen and oxygen atoms in total. The lowest BCUT2D eigenvalue weighted by Crippen LogP contribution is -2.20. The van der Waals surface area contributed by atoms with E-state index in [9.17, 15) is 18.0 Å². The first-order chi connectivity index (χ1) is 20.7. The maximum Gasteiger partial charge on any atom is 0.416 e. The number of hydrogen-bond acceptors (Lipinski definition) is 9. The van der Waals surface area contributed by atoms with Gasteiger partial charge in [0, 0.05) is 16.7 Å². The van der Waals surface area contributed by atoms with Crippen LogP contribution in [0.5, 0.6) is 5.75 Å². The van der Waals surface area contributed by atoms with Gasteiger partial charge in [0.15, 0.2) is 12.3 Å². The highest BCUT2D eigenvalue weighted by Crippen LogP contribution is 2.30. The van der Waals surface area contributed by atoms with E-state index in [1.807, 2.05) is 0 Å². The summed E-state index contributed by atoms with van der Waals surface area (Å²) >= 11 is 0. The quantitative estimate of drug-likeness (QED) is 0.0799. The molecule has 0 aliphatic rings. The van der Waals surface area contributed by atoms with Gasteiger partial charge in [-0.3, -0.25) is 0 Å². The predicted octanol–water partition coefficient (Wildman–Crippen LogP) is 5.93. The van der Waals surface area contributed by atoms with Gasteiger partial charge in [-0.25, -0.2) is 4.79 Å². The number of methoxy groups -OCH3 is 1. The van der Waals surface area contributed by atoms with E-state index in [4.69, 9.17) is 30.4 Å². The molecular weight excluding hydrogens is 567 g/mol. The van der Waals surface area contributed by atoms with Crippen molar-refractivity contribution in [2.45, 2.75) is 25.8 Å². The van der Waals surface area contributed by atoms with Gasteiger partial charge >= 0.3 is 12.1 Å². The van der Waals surface area contributed by atoms with Crippen LogP contribution in [0.3, 0.4) is 0 Å². The Morgan fingerprint density at radius 2 is 1.77 bits per heavy atom. The van der Waals surface area contributed by atoms with Crippen molar-refractivity contribution in [3.8, 4) is 18.1 Å². The number of rotatable bonds is 13. The highest BCUT2D eigenvalue weighted by atomic mass is 19.4. The van der Waals surface area contributed by atoms with Crippen molar-refractivity contribution in [3.63, 3.8) is 0 Å². The van der Waals surface area contributed by atoms with Crippen LogP contribution in [0.2, 0.25) is 0 Å². The Morgan fingerprint density at radius 3 is 2.44 bits per heavy atom. The Hall–Kier alpha value is -5.31. The van der Waals surface area contributed by atoms with Gasteiger partial charge in [-0.1, -0.05) is 57.8 Å². The monoisotopic (exact) mass is 595 g/mol. The summed E-state index contributed by atoms with van der Waals surface area (Å²) in [5, 5.41) is 11.8. The number of ether oxygens (including phenoxy) is 2. The maximum atomic E-state index is 13.0. The summed E-state index contributed by atoms with van der Waals surface area (Å²) in [4.78, 5) is 27.8. The van der Waals surface area contributed by atoms with Crippen molar-refractivity contribution < 1.29 is 42.0 Å². The molecule has 0 aliphatic heterocycles. The molecule has 1 unspecified atom stereocenters. The molecule has 43 heavy (non-hydrogen) atoms. The lowest BCUT2D eigenvalue weighted by atomic mass is 9.99. The topological polar surface area (TPSA) is 100 Å². The van der Waals surface area contributed by atoms with E-state index in [-0.39, 0.29) is 24.6 Å². The van der Waals surface area contributed by atoms with E-state index in [2.05, 4.69) is 21.4 Å². The third kappa shape index (κ3) is 9.36. The fraction of sp³-hybridized carbons (Fsp3) is 0.226. The minimum Gasteiger partial charge on any atom is -0.489 e. The highest BCUT2D eigenvalue weighted by molar-refractivity contribution is 6.43. The van der Waals surface area contributed by atoms with E-state index < -0.39 is 23.8 Å². The lowest BCUT2D eigenvalue weighted by molar-refractivity contribution is -0.137. The van der Waals surface area contributed by atoms with E-state index in [1.54, 1.807) is 61.5 Å². The van der Waals surface area contributed by atoms with Crippen LogP contribution in [0.25, 0.3) is 0 Å². The normalized spacial score (nSPS) is 12.8. The maximum absolute atomic E-state index is 13.0. The molecule has 0 radical (unpaired) electrons. The number of oxime groups is 3. The summed E-state index contributed by atoms with van der Waals surface area (Å²) in [5.74, 6) is 2.04. The number of halogens is 3. The Balaban J connectivity index is 1.74. The van der Waals surface area contributed by atoms with Crippen molar-refractivity contribution >= 4 is 23.6 Å². The Morgan fingerprint density at radius 1 is 1.02 bits per heavy atom. The summed E-state index contributed by atoms with van der Waals surface area (Å²) in [6.07, 6.45) is 1.49. The third-order valence-electron chi connectivity index (χ3n) is 5.73. The first-order valence-corrected chi connectivity index (χ1v) is 12.7. The molecule has 3 rings (SSSR count). The van der Waals surface area contributed by atoms with Crippen LogP contribution in [-0.4, -0.2) is 44.4 Å². The molecular formula is C31H28F3N3O6. The summed E-state index contributed by atoms with van der Waals surface area (Å²) in [6, 6.07) is 18.4. The van der Waals surface area contributed by atoms with Crippen LogP contribution < -0.4 is 4.74 Å². The summed E-state index contributed by atoms with van der Waals surface area (Å²) in [7, 11) is 2.55. The molecule has 12 heteroatoms. The van der Waals surface area contributed by atoms with Crippen LogP contribution in [0.4, 0.5) is 13.2 Å². The second-order valence-corrected chi connectivity index (χ2v) is 8.65. The largest absolute Gasteiger partial charge is 0.489 e. The molecule has 0 amide bonds. The summed E-state index contributed by atoms with van der Waals surface area (Å²) in [5.41, 5.74) is 1.43. The number of carbonyl (C=O) groups is 1. The number of terminal acetylenes is 1. The van der Waals surface area contributed by atoms with Gasteiger partial charge in [0.05, 0.1) is 18.9 Å². The SMILES string of the molecule is C#CCON=C(C=NOC(C)c1ccccc1C(=NOC)C(=O)OC)c1ccc(OCc2cccc(C(F)(F)F)c2)cc1. The first kappa shape index (κ1) is 32.2. The van der Waals surface area contributed by atoms with E-state index >= 15 is 0 Å². The second-order valence-electron chi connectivity index (χ2n) is 8.65. The molecule has 224 valence electrons. The molecule has 0 spiro atoms. The van der Waals surface area contributed by atoms with Crippen molar-refractivity contribution in [2.24, 2.45) is 15.5 Å². The molecule has 0 bridgehead atoms. The van der Waals surface area contributed by atoms with Crippen LogP contribution >= 0.6 is 0 Å². The molecule has 0 saturated heterocycles. The van der Waals surface area contributed by atoms with Crippen molar-refractivity contribution in [1.82, 2.24) is 0 Å². The smallest absolute Gasteiger partial charge is 0.416 e. The van der Waals surface area contributed by atoms with Crippen molar-refractivity contribution in [1.29, 1.82) is 0 Å². The molecule has 3 aromatic carbocycles. The summed E-state index contributed by atoms with van der Waals surface area (Å²) in [6.45, 7) is 1.58. The first-order valence-electron chi connectivity index (χ1n) is 12.7. The Kier molecular flexibility index (Phi) is 11.7. The molecule has 0 saturated carbocycles. The van der Waals surface area contributed by atoms with Gasteiger partial charge < -0.3 is 24.0 Å².